The molecule has 0 aromatic carbocycles. The smallest absolute Gasteiger partial charge is 0.321 e. The summed E-state index contributed by atoms with van der Waals surface area (Å²) in [5, 5.41) is 20.2. The Balaban J connectivity index is 1.85. The molecule has 0 saturated carbocycles. The number of hydrogen-bond acceptors (Lipinski definition) is 9. The minimum atomic E-state index is -3.89. The molecule has 1 aliphatic heterocycles. The molecule has 6 N–H and O–H groups in total. The fourth-order valence-electron chi connectivity index (χ4n) is 2.32. The van der Waals surface area contributed by atoms with Crippen LogP contribution in [0.15, 0.2) is 12.7 Å². The zero-order valence-electron chi connectivity index (χ0n) is 11.5. The SMILES string of the molecule is Nc1ncnc2c1ncn2[C@H]1O[C@H](COP(O)(O)=S)[C@@H](O)[C@H]1O. The van der Waals surface area contributed by atoms with E-state index in [1.165, 1.54) is 17.2 Å². The minimum Gasteiger partial charge on any atom is -0.387 e. The van der Waals surface area contributed by atoms with E-state index in [4.69, 9.17) is 20.3 Å². The van der Waals surface area contributed by atoms with Gasteiger partial charge >= 0.3 is 6.72 Å². The number of fused-ring (bicyclic) bond motifs is 1. The summed E-state index contributed by atoms with van der Waals surface area (Å²) in [6.07, 6.45) is -2.06. The average molecular weight is 363 g/mol. The summed E-state index contributed by atoms with van der Waals surface area (Å²) in [5.41, 5.74) is 6.35. The van der Waals surface area contributed by atoms with Gasteiger partial charge in [0, 0.05) is 0 Å². The molecule has 0 radical (unpaired) electrons. The minimum absolute atomic E-state index is 0.169. The predicted molar refractivity (Wildman–Crippen MR) is 80.3 cm³/mol. The lowest BCUT2D eigenvalue weighted by Gasteiger charge is -2.16. The van der Waals surface area contributed by atoms with Crippen LogP contribution < -0.4 is 5.73 Å². The van der Waals surface area contributed by atoms with Crippen LogP contribution >= 0.6 is 6.72 Å². The van der Waals surface area contributed by atoms with Crippen molar-refractivity contribution in [2.24, 2.45) is 0 Å². The lowest BCUT2D eigenvalue weighted by molar-refractivity contribution is -0.0487. The molecule has 2 aromatic rings. The lowest BCUT2D eigenvalue weighted by Crippen LogP contribution is -2.33. The second kappa shape index (κ2) is 6.00. The van der Waals surface area contributed by atoms with Crippen molar-refractivity contribution in [3.05, 3.63) is 12.7 Å². The van der Waals surface area contributed by atoms with Crippen LogP contribution in [0.25, 0.3) is 11.2 Å². The van der Waals surface area contributed by atoms with Gasteiger partial charge in [0.1, 0.15) is 30.2 Å². The zero-order valence-corrected chi connectivity index (χ0v) is 13.2. The molecule has 0 bridgehead atoms. The first-order valence-corrected chi connectivity index (χ1v) is 9.05. The van der Waals surface area contributed by atoms with Gasteiger partial charge in [-0.3, -0.25) is 4.57 Å². The molecule has 3 heterocycles. The molecule has 11 nitrogen and oxygen atoms in total. The number of rotatable bonds is 4. The number of nitrogens with two attached hydrogens (primary N) is 1. The van der Waals surface area contributed by atoms with Gasteiger partial charge in [-0.15, -0.1) is 0 Å². The van der Waals surface area contributed by atoms with Crippen molar-refractivity contribution < 1.29 is 29.3 Å². The van der Waals surface area contributed by atoms with Gasteiger partial charge in [-0.25, -0.2) is 15.0 Å². The van der Waals surface area contributed by atoms with E-state index in [9.17, 15) is 10.2 Å². The van der Waals surface area contributed by atoms with Crippen LogP contribution in [0, 0.1) is 0 Å². The largest absolute Gasteiger partial charge is 0.387 e. The van der Waals surface area contributed by atoms with E-state index in [0.717, 1.165) is 0 Å². The quantitative estimate of drug-likeness (QED) is 0.391. The Bertz CT molecular complexity index is 767. The molecule has 13 heteroatoms. The number of aliphatic hydroxyl groups is 2. The number of aliphatic hydroxyl groups excluding tert-OH is 2. The number of anilines is 1. The summed E-state index contributed by atoms with van der Waals surface area (Å²) >= 11 is 4.33. The van der Waals surface area contributed by atoms with Gasteiger partial charge in [-0.05, 0) is 11.8 Å². The van der Waals surface area contributed by atoms with Gasteiger partial charge in [0.05, 0.1) is 12.9 Å². The molecule has 0 amide bonds. The Kier molecular flexibility index (Phi) is 4.33. The molecule has 0 unspecified atom stereocenters. The second-order valence-corrected chi connectivity index (χ2v) is 7.58. The molecule has 0 aliphatic carbocycles. The van der Waals surface area contributed by atoms with Gasteiger partial charge in [0.25, 0.3) is 0 Å². The van der Waals surface area contributed by atoms with Crippen LogP contribution in [-0.2, 0) is 21.1 Å². The predicted octanol–water partition coefficient (Wildman–Crippen LogP) is -1.75. The van der Waals surface area contributed by atoms with Gasteiger partial charge in [0.2, 0.25) is 0 Å². The van der Waals surface area contributed by atoms with Gasteiger partial charge in [-0.1, -0.05) is 0 Å². The van der Waals surface area contributed by atoms with Gasteiger partial charge in [-0.2, -0.15) is 0 Å². The van der Waals surface area contributed by atoms with Crippen molar-refractivity contribution in [3.63, 3.8) is 0 Å². The zero-order chi connectivity index (χ0) is 16.8. The van der Waals surface area contributed by atoms with E-state index in [1.807, 2.05) is 0 Å². The summed E-state index contributed by atoms with van der Waals surface area (Å²) in [4.78, 5) is 30.0. The van der Waals surface area contributed by atoms with Crippen molar-refractivity contribution in [3.8, 4) is 0 Å². The number of aromatic nitrogens is 4. The van der Waals surface area contributed by atoms with Crippen molar-refractivity contribution in [1.82, 2.24) is 19.5 Å². The maximum absolute atomic E-state index is 10.2. The van der Waals surface area contributed by atoms with Crippen molar-refractivity contribution in [2.45, 2.75) is 24.5 Å². The molecule has 4 atom stereocenters. The van der Waals surface area contributed by atoms with E-state index >= 15 is 0 Å². The van der Waals surface area contributed by atoms with E-state index in [0.29, 0.717) is 11.2 Å². The summed E-state index contributed by atoms with van der Waals surface area (Å²) in [6.45, 7) is -4.27. The first-order valence-electron chi connectivity index (χ1n) is 6.42. The molecule has 3 rings (SSSR count). The van der Waals surface area contributed by atoms with Crippen LogP contribution in [0.3, 0.4) is 0 Å². The topological polar surface area (TPSA) is 169 Å². The number of nitrogens with zero attached hydrogens (tertiary/aromatic N) is 4. The van der Waals surface area contributed by atoms with E-state index in [-0.39, 0.29) is 12.4 Å². The van der Waals surface area contributed by atoms with E-state index in [1.54, 1.807) is 0 Å². The van der Waals surface area contributed by atoms with Gasteiger partial charge in [0.15, 0.2) is 17.7 Å². The van der Waals surface area contributed by atoms with Crippen molar-refractivity contribution in [1.29, 1.82) is 0 Å². The highest BCUT2D eigenvalue weighted by Crippen LogP contribution is 2.39. The summed E-state index contributed by atoms with van der Waals surface area (Å²) in [5.74, 6) is 0.169. The maximum Gasteiger partial charge on any atom is 0.321 e. The maximum atomic E-state index is 10.2. The Morgan fingerprint density at radius 3 is 2.74 bits per heavy atom. The molecule has 23 heavy (non-hydrogen) atoms. The van der Waals surface area contributed by atoms with E-state index < -0.39 is 31.3 Å². The number of hydrogen-bond donors (Lipinski definition) is 5. The van der Waals surface area contributed by atoms with Crippen molar-refractivity contribution in [2.75, 3.05) is 12.3 Å². The summed E-state index contributed by atoms with van der Waals surface area (Å²) in [6, 6.07) is 0. The Morgan fingerprint density at radius 1 is 1.30 bits per heavy atom. The number of ether oxygens (including phenoxy) is 1. The second-order valence-electron chi connectivity index (χ2n) is 4.92. The molecule has 1 aliphatic rings. The number of imidazole rings is 1. The Morgan fingerprint density at radius 2 is 2.04 bits per heavy atom. The normalized spacial score (nSPS) is 28.5. The molecule has 1 saturated heterocycles. The van der Waals surface area contributed by atoms with Crippen LogP contribution in [0.5, 0.6) is 0 Å². The first kappa shape index (κ1) is 16.6. The number of nitrogen functional groups attached to an aromatic ring is 1. The molecule has 126 valence electrons. The van der Waals surface area contributed by atoms with Crippen molar-refractivity contribution >= 4 is 35.5 Å². The highest BCUT2D eigenvalue weighted by Gasteiger charge is 2.44. The van der Waals surface area contributed by atoms with Crippen LogP contribution in [0.4, 0.5) is 5.82 Å². The lowest BCUT2D eigenvalue weighted by atomic mass is 10.1. The van der Waals surface area contributed by atoms with Crippen LogP contribution in [0.1, 0.15) is 6.23 Å². The third-order valence-corrected chi connectivity index (χ3v) is 4.21. The third kappa shape index (κ3) is 3.20. The molecule has 1 fully saturated rings. The molecule has 2 aromatic heterocycles. The molecular weight excluding hydrogens is 349 g/mol. The van der Waals surface area contributed by atoms with Crippen LogP contribution in [0.2, 0.25) is 0 Å². The Hall–Kier alpha value is -1.24. The summed E-state index contributed by atoms with van der Waals surface area (Å²) in [7, 11) is 0. The van der Waals surface area contributed by atoms with Gasteiger partial charge < -0.3 is 35.0 Å². The standard InChI is InChI=1S/C10H14N5O6PS/c11-8-5-9(13-2-12-8)15(3-14-5)10-7(17)6(16)4(21-10)1-20-22(18,19)23/h2-4,6-7,10,16-17H,1H2,(H2,11,12,13)(H2,18,19,23)/t4-,6-,7-,10+/m1/s1. The highest BCUT2D eigenvalue weighted by molar-refractivity contribution is 8.06. The highest BCUT2D eigenvalue weighted by atomic mass is 32.5. The van der Waals surface area contributed by atoms with E-state index in [2.05, 4.69) is 31.3 Å². The Labute approximate surface area is 134 Å². The fourth-order valence-corrected chi connectivity index (χ4v) is 2.85. The summed E-state index contributed by atoms with van der Waals surface area (Å²) < 4.78 is 11.6. The third-order valence-electron chi connectivity index (χ3n) is 3.41. The van der Waals surface area contributed by atoms with Crippen LogP contribution in [-0.4, -0.2) is 64.4 Å². The molecule has 0 spiro atoms. The first-order chi connectivity index (χ1) is 10.8. The molecular formula is C10H14N5O6PS. The fraction of sp³-hybridized carbons (Fsp3) is 0.500. The monoisotopic (exact) mass is 363 g/mol. The average Bonchev–Trinajstić information content (AvgIpc) is 3.01.